The monoisotopic (exact) mass is 250 g/mol. The first-order valence-electron chi connectivity index (χ1n) is 6.02. The molecular formula is C13H18N2O3. The van der Waals surface area contributed by atoms with E-state index in [1.165, 1.54) is 7.11 Å². The van der Waals surface area contributed by atoms with E-state index < -0.39 is 0 Å². The zero-order chi connectivity index (χ0) is 13.1. The molecule has 1 aromatic carbocycles. The summed E-state index contributed by atoms with van der Waals surface area (Å²) < 4.78 is 5.18. The molecule has 0 aromatic heterocycles. The van der Waals surface area contributed by atoms with Gasteiger partial charge in [0.05, 0.1) is 18.8 Å². The van der Waals surface area contributed by atoms with Crippen LogP contribution in [0.5, 0.6) is 5.75 Å². The van der Waals surface area contributed by atoms with Gasteiger partial charge in [-0.05, 0) is 25.0 Å². The van der Waals surface area contributed by atoms with E-state index in [9.17, 15) is 9.90 Å². The number of anilines is 1. The van der Waals surface area contributed by atoms with Gasteiger partial charge in [0.15, 0.2) is 0 Å². The molecule has 0 spiro atoms. The van der Waals surface area contributed by atoms with Gasteiger partial charge >= 0.3 is 0 Å². The highest BCUT2D eigenvalue weighted by Crippen LogP contribution is 2.24. The first-order chi connectivity index (χ1) is 8.61. The van der Waals surface area contributed by atoms with E-state index in [1.807, 2.05) is 0 Å². The number of likely N-dealkylation sites (tertiary alicyclic amines) is 1. The van der Waals surface area contributed by atoms with E-state index in [1.54, 1.807) is 23.1 Å². The number of methoxy groups -OCH3 is 1. The van der Waals surface area contributed by atoms with Crippen LogP contribution in [0.4, 0.5) is 5.69 Å². The molecule has 0 unspecified atom stereocenters. The Bertz CT molecular complexity index is 440. The number of carbonyl (C=O) groups is 1. The standard InChI is InChI=1S/C13H18N2O3/c1-18-12-8-9(14)2-3-11(12)13(17)15-6-4-10(16)5-7-15/h2-3,8,10,16H,4-7,14H2,1H3. The van der Waals surface area contributed by atoms with Gasteiger partial charge in [-0.15, -0.1) is 0 Å². The Morgan fingerprint density at radius 1 is 1.44 bits per heavy atom. The summed E-state index contributed by atoms with van der Waals surface area (Å²) in [6, 6.07) is 5.02. The van der Waals surface area contributed by atoms with Crippen molar-refractivity contribution < 1.29 is 14.6 Å². The Labute approximate surface area is 106 Å². The fourth-order valence-corrected chi connectivity index (χ4v) is 2.12. The predicted molar refractivity (Wildman–Crippen MR) is 68.6 cm³/mol. The van der Waals surface area contributed by atoms with Crippen LogP contribution >= 0.6 is 0 Å². The molecule has 0 aliphatic carbocycles. The third-order valence-electron chi connectivity index (χ3n) is 3.21. The minimum atomic E-state index is -0.289. The molecule has 0 radical (unpaired) electrons. The van der Waals surface area contributed by atoms with E-state index in [4.69, 9.17) is 10.5 Å². The van der Waals surface area contributed by atoms with Crippen molar-refractivity contribution in [3.63, 3.8) is 0 Å². The Hall–Kier alpha value is -1.75. The third kappa shape index (κ3) is 2.56. The summed E-state index contributed by atoms with van der Waals surface area (Å²) in [5.74, 6) is 0.421. The molecule has 0 saturated carbocycles. The van der Waals surface area contributed by atoms with Crippen molar-refractivity contribution in [3.05, 3.63) is 23.8 Å². The number of nitrogens with zero attached hydrogens (tertiary/aromatic N) is 1. The Morgan fingerprint density at radius 3 is 2.72 bits per heavy atom. The molecule has 18 heavy (non-hydrogen) atoms. The molecule has 1 heterocycles. The first-order valence-corrected chi connectivity index (χ1v) is 6.02. The summed E-state index contributed by atoms with van der Waals surface area (Å²) in [4.78, 5) is 14.1. The fraction of sp³-hybridized carbons (Fsp3) is 0.462. The minimum absolute atomic E-state index is 0.0706. The number of carbonyl (C=O) groups excluding carboxylic acids is 1. The molecule has 5 nitrogen and oxygen atoms in total. The van der Waals surface area contributed by atoms with Gasteiger partial charge in [0.2, 0.25) is 0 Å². The quantitative estimate of drug-likeness (QED) is 0.764. The Morgan fingerprint density at radius 2 is 2.11 bits per heavy atom. The summed E-state index contributed by atoms with van der Waals surface area (Å²) in [6.45, 7) is 1.15. The maximum absolute atomic E-state index is 12.3. The summed E-state index contributed by atoms with van der Waals surface area (Å²) in [7, 11) is 1.52. The van der Waals surface area contributed by atoms with Gasteiger partial charge in [0.25, 0.3) is 5.91 Å². The second-order valence-electron chi connectivity index (χ2n) is 4.48. The third-order valence-corrected chi connectivity index (χ3v) is 3.21. The van der Waals surface area contributed by atoms with Crippen molar-refractivity contribution in [1.29, 1.82) is 0 Å². The molecule has 1 saturated heterocycles. The Balaban J connectivity index is 2.18. The number of rotatable bonds is 2. The number of hydrogen-bond donors (Lipinski definition) is 2. The summed E-state index contributed by atoms with van der Waals surface area (Å²) in [6.07, 6.45) is 0.967. The molecule has 0 bridgehead atoms. The van der Waals surface area contributed by atoms with Crippen LogP contribution < -0.4 is 10.5 Å². The number of benzene rings is 1. The van der Waals surface area contributed by atoms with Gasteiger partial charge in [-0.3, -0.25) is 4.79 Å². The van der Waals surface area contributed by atoms with Crippen molar-refractivity contribution in [3.8, 4) is 5.75 Å². The number of piperidine rings is 1. The molecule has 1 aliphatic heterocycles. The number of hydrogen-bond acceptors (Lipinski definition) is 4. The molecule has 3 N–H and O–H groups in total. The molecule has 0 atom stereocenters. The maximum Gasteiger partial charge on any atom is 0.257 e. The van der Waals surface area contributed by atoms with Crippen molar-refractivity contribution in [2.45, 2.75) is 18.9 Å². The molecule has 1 fully saturated rings. The second-order valence-corrected chi connectivity index (χ2v) is 4.48. The molecule has 2 rings (SSSR count). The SMILES string of the molecule is COc1cc(N)ccc1C(=O)N1CCC(O)CC1. The van der Waals surface area contributed by atoms with Crippen LogP contribution in [-0.2, 0) is 0 Å². The minimum Gasteiger partial charge on any atom is -0.496 e. The highest BCUT2D eigenvalue weighted by Gasteiger charge is 2.24. The van der Waals surface area contributed by atoms with Crippen molar-refractivity contribution in [2.75, 3.05) is 25.9 Å². The van der Waals surface area contributed by atoms with Gasteiger partial charge in [-0.1, -0.05) is 0 Å². The van der Waals surface area contributed by atoms with Gasteiger partial charge in [-0.2, -0.15) is 0 Å². The van der Waals surface area contributed by atoms with Crippen LogP contribution in [0.3, 0.4) is 0 Å². The molecule has 1 aromatic rings. The van der Waals surface area contributed by atoms with Gasteiger partial charge in [0, 0.05) is 24.8 Å². The average Bonchev–Trinajstić information content (AvgIpc) is 2.38. The number of aliphatic hydroxyl groups is 1. The summed E-state index contributed by atoms with van der Waals surface area (Å²) in [5.41, 5.74) is 6.75. The number of amides is 1. The molecule has 5 heteroatoms. The summed E-state index contributed by atoms with van der Waals surface area (Å²) in [5, 5.41) is 9.44. The van der Waals surface area contributed by atoms with Crippen LogP contribution in [0.2, 0.25) is 0 Å². The first kappa shape index (κ1) is 12.7. The highest BCUT2D eigenvalue weighted by molar-refractivity contribution is 5.97. The van der Waals surface area contributed by atoms with Crippen molar-refractivity contribution in [2.24, 2.45) is 0 Å². The van der Waals surface area contributed by atoms with Crippen LogP contribution in [0.15, 0.2) is 18.2 Å². The smallest absolute Gasteiger partial charge is 0.257 e. The van der Waals surface area contributed by atoms with Crippen molar-refractivity contribution in [1.82, 2.24) is 4.90 Å². The van der Waals surface area contributed by atoms with E-state index in [0.717, 1.165) is 0 Å². The fourth-order valence-electron chi connectivity index (χ4n) is 2.12. The second kappa shape index (κ2) is 5.27. The number of ether oxygens (including phenoxy) is 1. The van der Waals surface area contributed by atoms with Gasteiger partial charge in [-0.25, -0.2) is 0 Å². The van der Waals surface area contributed by atoms with E-state index in [2.05, 4.69) is 0 Å². The van der Waals surface area contributed by atoms with E-state index in [-0.39, 0.29) is 12.0 Å². The largest absolute Gasteiger partial charge is 0.496 e. The zero-order valence-corrected chi connectivity index (χ0v) is 10.4. The summed E-state index contributed by atoms with van der Waals surface area (Å²) >= 11 is 0. The molecule has 1 amide bonds. The number of aliphatic hydroxyl groups excluding tert-OH is 1. The number of nitrogens with two attached hydrogens (primary N) is 1. The van der Waals surface area contributed by atoms with Crippen molar-refractivity contribution >= 4 is 11.6 Å². The number of nitrogen functional groups attached to an aromatic ring is 1. The topological polar surface area (TPSA) is 75.8 Å². The van der Waals surface area contributed by atoms with Crippen LogP contribution in [0, 0.1) is 0 Å². The van der Waals surface area contributed by atoms with Crippen LogP contribution in [0.1, 0.15) is 23.2 Å². The average molecular weight is 250 g/mol. The molecule has 98 valence electrons. The highest BCUT2D eigenvalue weighted by atomic mass is 16.5. The lowest BCUT2D eigenvalue weighted by Gasteiger charge is -2.30. The normalized spacial score (nSPS) is 16.7. The molecular weight excluding hydrogens is 232 g/mol. The molecule has 1 aliphatic rings. The van der Waals surface area contributed by atoms with E-state index >= 15 is 0 Å². The van der Waals surface area contributed by atoms with Gasteiger partial charge < -0.3 is 20.5 Å². The predicted octanol–water partition coefficient (Wildman–Crippen LogP) is 0.874. The van der Waals surface area contributed by atoms with E-state index in [0.29, 0.717) is 42.9 Å². The lowest BCUT2D eigenvalue weighted by atomic mass is 10.1. The Kier molecular flexibility index (Phi) is 3.72. The lowest BCUT2D eigenvalue weighted by Crippen LogP contribution is -2.40. The lowest BCUT2D eigenvalue weighted by molar-refractivity contribution is 0.0544. The van der Waals surface area contributed by atoms with Crippen LogP contribution in [0.25, 0.3) is 0 Å². The van der Waals surface area contributed by atoms with Crippen LogP contribution in [-0.4, -0.2) is 42.2 Å². The maximum atomic E-state index is 12.3. The van der Waals surface area contributed by atoms with Gasteiger partial charge in [0.1, 0.15) is 5.75 Å². The zero-order valence-electron chi connectivity index (χ0n) is 10.4.